The normalized spacial score (nSPS) is 10.5. The third-order valence-corrected chi connectivity index (χ3v) is 2.74. The zero-order valence-corrected chi connectivity index (χ0v) is 12.5. The number of nitrogens with one attached hydrogen (secondary N) is 1. The van der Waals surface area contributed by atoms with Gasteiger partial charge in [0.15, 0.2) is 5.82 Å². The number of nitrogens with zero attached hydrogens (tertiary/aromatic N) is 5. The predicted octanol–water partition coefficient (Wildman–Crippen LogP) is 0.675. The van der Waals surface area contributed by atoms with Crippen molar-refractivity contribution in [2.45, 2.75) is 6.61 Å². The quantitative estimate of drug-likeness (QED) is 0.871. The molecule has 0 fully saturated rings. The van der Waals surface area contributed by atoms with Crippen molar-refractivity contribution in [2.75, 3.05) is 31.4 Å². The molecule has 0 aliphatic heterocycles. The third-order valence-electron chi connectivity index (χ3n) is 2.74. The highest BCUT2D eigenvalue weighted by molar-refractivity contribution is 6.04. The lowest BCUT2D eigenvalue weighted by Crippen LogP contribution is -2.20. The predicted molar refractivity (Wildman–Crippen MR) is 78.2 cm³/mol. The van der Waals surface area contributed by atoms with Crippen LogP contribution in [0.3, 0.4) is 0 Å². The van der Waals surface area contributed by atoms with Crippen LogP contribution in [-0.4, -0.2) is 46.9 Å². The number of rotatable bonds is 5. The first kappa shape index (κ1) is 14.9. The van der Waals surface area contributed by atoms with Gasteiger partial charge >= 0.3 is 0 Å². The van der Waals surface area contributed by atoms with Crippen molar-refractivity contribution in [3.8, 4) is 0 Å². The Morgan fingerprint density at radius 2 is 2.24 bits per heavy atom. The highest BCUT2D eigenvalue weighted by atomic mass is 16.5. The Balaban J connectivity index is 2.26. The van der Waals surface area contributed by atoms with E-state index in [1.807, 2.05) is 14.1 Å². The molecule has 0 radical (unpaired) electrons. The zero-order valence-electron chi connectivity index (χ0n) is 12.5. The van der Waals surface area contributed by atoms with Gasteiger partial charge in [-0.1, -0.05) is 0 Å². The van der Waals surface area contributed by atoms with Gasteiger partial charge in [-0.25, -0.2) is 9.97 Å². The number of hydrogen-bond donors (Lipinski definition) is 1. The maximum Gasteiger partial charge on any atom is 0.260 e. The second-order valence-electron chi connectivity index (χ2n) is 4.69. The smallest absolute Gasteiger partial charge is 0.260 e. The summed E-state index contributed by atoms with van der Waals surface area (Å²) < 4.78 is 6.71. The van der Waals surface area contributed by atoms with Crippen molar-refractivity contribution in [3.05, 3.63) is 29.7 Å². The Labute approximate surface area is 122 Å². The fourth-order valence-corrected chi connectivity index (χ4v) is 1.72. The van der Waals surface area contributed by atoms with Crippen molar-refractivity contribution in [3.63, 3.8) is 0 Å². The van der Waals surface area contributed by atoms with E-state index in [9.17, 15) is 4.79 Å². The topological polar surface area (TPSA) is 85.2 Å². The zero-order chi connectivity index (χ0) is 15.4. The van der Waals surface area contributed by atoms with Crippen LogP contribution in [0.2, 0.25) is 0 Å². The first-order valence-corrected chi connectivity index (χ1v) is 6.34. The molecule has 0 saturated heterocycles. The summed E-state index contributed by atoms with van der Waals surface area (Å²) in [4.78, 5) is 22.5. The van der Waals surface area contributed by atoms with E-state index in [2.05, 4.69) is 20.4 Å². The van der Waals surface area contributed by atoms with E-state index in [0.717, 1.165) is 0 Å². The Morgan fingerprint density at radius 1 is 1.48 bits per heavy atom. The molecule has 2 aromatic rings. The summed E-state index contributed by atoms with van der Waals surface area (Å²) in [7, 11) is 7.00. The van der Waals surface area contributed by atoms with Crippen molar-refractivity contribution in [1.29, 1.82) is 0 Å². The van der Waals surface area contributed by atoms with E-state index in [1.54, 1.807) is 36.0 Å². The van der Waals surface area contributed by atoms with Gasteiger partial charge in [-0.2, -0.15) is 5.10 Å². The summed E-state index contributed by atoms with van der Waals surface area (Å²) in [5.41, 5.74) is 0.901. The monoisotopic (exact) mass is 290 g/mol. The van der Waals surface area contributed by atoms with Crippen molar-refractivity contribution < 1.29 is 9.53 Å². The molecule has 2 aromatic heterocycles. The van der Waals surface area contributed by atoms with Crippen molar-refractivity contribution in [1.82, 2.24) is 19.7 Å². The number of aryl methyl sites for hydroxylation is 1. The van der Waals surface area contributed by atoms with Crippen LogP contribution in [0.15, 0.2) is 18.5 Å². The van der Waals surface area contributed by atoms with E-state index in [0.29, 0.717) is 23.0 Å². The number of anilines is 2. The van der Waals surface area contributed by atoms with E-state index in [-0.39, 0.29) is 12.5 Å². The fourth-order valence-electron chi connectivity index (χ4n) is 1.72. The van der Waals surface area contributed by atoms with Crippen LogP contribution in [0, 0.1) is 0 Å². The molecule has 0 aliphatic carbocycles. The standard InChI is InChI=1S/C13H18N6O2/c1-18(2)13-14-7-9(10(15-13)8-21-4)12(20)16-11-5-6-19(3)17-11/h5-7H,8H2,1-4H3,(H,16,17,20). The molecular weight excluding hydrogens is 272 g/mol. The number of carbonyl (C=O) groups excluding carboxylic acids is 1. The lowest BCUT2D eigenvalue weighted by atomic mass is 10.2. The Kier molecular flexibility index (Phi) is 4.49. The molecule has 0 saturated carbocycles. The Bertz CT molecular complexity index is 637. The molecule has 0 unspecified atom stereocenters. The molecule has 2 heterocycles. The average molecular weight is 290 g/mol. The molecule has 0 spiro atoms. The van der Waals surface area contributed by atoms with Crippen molar-refractivity contribution in [2.24, 2.45) is 7.05 Å². The van der Waals surface area contributed by atoms with Gasteiger partial charge < -0.3 is 15.0 Å². The fraction of sp³-hybridized carbons (Fsp3) is 0.385. The molecule has 0 atom stereocenters. The minimum absolute atomic E-state index is 0.230. The van der Waals surface area contributed by atoms with Gasteiger partial charge in [0.25, 0.3) is 5.91 Å². The van der Waals surface area contributed by atoms with Crippen LogP contribution in [0.5, 0.6) is 0 Å². The van der Waals surface area contributed by atoms with Crippen LogP contribution >= 0.6 is 0 Å². The summed E-state index contributed by atoms with van der Waals surface area (Å²) in [6, 6.07) is 1.71. The maximum absolute atomic E-state index is 12.3. The molecule has 1 N–H and O–H groups in total. The minimum Gasteiger partial charge on any atom is -0.378 e. The number of ether oxygens (including phenoxy) is 1. The summed E-state index contributed by atoms with van der Waals surface area (Å²) in [5.74, 6) is 0.685. The van der Waals surface area contributed by atoms with Crippen LogP contribution < -0.4 is 10.2 Å². The molecule has 8 heteroatoms. The van der Waals surface area contributed by atoms with Gasteiger partial charge in [0, 0.05) is 46.7 Å². The molecule has 1 amide bonds. The largest absolute Gasteiger partial charge is 0.378 e. The second kappa shape index (κ2) is 6.31. The molecular formula is C13H18N6O2. The Morgan fingerprint density at radius 3 is 2.81 bits per heavy atom. The van der Waals surface area contributed by atoms with Gasteiger partial charge in [0.2, 0.25) is 5.95 Å². The first-order valence-electron chi connectivity index (χ1n) is 6.34. The van der Waals surface area contributed by atoms with Crippen LogP contribution in [0.1, 0.15) is 16.1 Å². The van der Waals surface area contributed by atoms with Crippen molar-refractivity contribution >= 4 is 17.7 Å². The number of aromatic nitrogens is 4. The van der Waals surface area contributed by atoms with E-state index >= 15 is 0 Å². The van der Waals surface area contributed by atoms with E-state index < -0.39 is 0 Å². The molecule has 0 aromatic carbocycles. The van der Waals surface area contributed by atoms with E-state index in [4.69, 9.17) is 4.74 Å². The molecule has 112 valence electrons. The molecule has 0 aliphatic rings. The highest BCUT2D eigenvalue weighted by Gasteiger charge is 2.16. The first-order chi connectivity index (χ1) is 10.0. The third kappa shape index (κ3) is 3.54. The molecule has 0 bridgehead atoms. The minimum atomic E-state index is -0.314. The van der Waals surface area contributed by atoms with Gasteiger partial charge in [-0.15, -0.1) is 0 Å². The SMILES string of the molecule is COCc1nc(N(C)C)ncc1C(=O)Nc1ccn(C)n1. The van der Waals surface area contributed by atoms with Crippen LogP contribution in [-0.2, 0) is 18.4 Å². The highest BCUT2D eigenvalue weighted by Crippen LogP contribution is 2.13. The second-order valence-corrected chi connectivity index (χ2v) is 4.69. The van der Waals surface area contributed by atoms with E-state index in [1.165, 1.54) is 6.20 Å². The summed E-state index contributed by atoms with van der Waals surface area (Å²) in [5, 5.41) is 6.81. The van der Waals surface area contributed by atoms with Crippen LogP contribution in [0.4, 0.5) is 11.8 Å². The molecule has 21 heavy (non-hydrogen) atoms. The number of carbonyl (C=O) groups is 1. The number of amides is 1. The number of methoxy groups -OCH3 is 1. The molecule has 8 nitrogen and oxygen atoms in total. The lowest BCUT2D eigenvalue weighted by Gasteiger charge is -2.13. The van der Waals surface area contributed by atoms with Gasteiger partial charge in [0.05, 0.1) is 17.9 Å². The molecule has 2 rings (SSSR count). The summed E-state index contributed by atoms with van der Waals surface area (Å²) in [6.07, 6.45) is 3.24. The summed E-state index contributed by atoms with van der Waals surface area (Å²) in [6.45, 7) is 0.230. The Hall–Kier alpha value is -2.48. The maximum atomic E-state index is 12.3. The lowest BCUT2D eigenvalue weighted by molar-refractivity contribution is 0.102. The average Bonchev–Trinajstić information content (AvgIpc) is 2.84. The van der Waals surface area contributed by atoms with Gasteiger partial charge in [0.1, 0.15) is 0 Å². The van der Waals surface area contributed by atoms with Gasteiger partial charge in [-0.05, 0) is 0 Å². The number of hydrogen-bond acceptors (Lipinski definition) is 6. The van der Waals surface area contributed by atoms with Gasteiger partial charge in [-0.3, -0.25) is 9.48 Å². The summed E-state index contributed by atoms with van der Waals surface area (Å²) >= 11 is 0. The van der Waals surface area contributed by atoms with Crippen LogP contribution in [0.25, 0.3) is 0 Å².